The lowest BCUT2D eigenvalue weighted by Crippen LogP contribution is -2.19. The van der Waals surface area contributed by atoms with Crippen LogP contribution in [-0.4, -0.2) is 50.4 Å². The molecule has 0 aliphatic carbocycles. The maximum absolute atomic E-state index is 12.4. The Hall–Kier alpha value is -4.06. The van der Waals surface area contributed by atoms with Gasteiger partial charge in [-0.3, -0.25) is 14.6 Å². The van der Waals surface area contributed by atoms with Crippen LogP contribution in [0.1, 0.15) is 11.3 Å². The molecule has 2 aromatic heterocycles. The van der Waals surface area contributed by atoms with E-state index < -0.39 is 0 Å². The van der Waals surface area contributed by atoms with Crippen LogP contribution in [0.15, 0.2) is 52.4 Å². The number of hydrogen-bond donors (Lipinski definition) is 2. The summed E-state index contributed by atoms with van der Waals surface area (Å²) in [4.78, 5) is 27.5. The van der Waals surface area contributed by atoms with Gasteiger partial charge in [-0.1, -0.05) is 23.9 Å². The number of H-pyrrole nitrogens is 1. The van der Waals surface area contributed by atoms with Crippen LogP contribution < -0.4 is 25.1 Å². The summed E-state index contributed by atoms with van der Waals surface area (Å²) in [6.07, 6.45) is 0.322. The fourth-order valence-corrected chi connectivity index (χ4v) is 3.90. The molecule has 1 amide bonds. The molecule has 33 heavy (non-hydrogen) atoms. The number of anilines is 1. The molecule has 2 N–H and O–H groups in total. The minimum Gasteiger partial charge on any atom is -0.497 e. The first-order valence-electron chi connectivity index (χ1n) is 9.89. The monoisotopic (exact) mass is 466 g/mol. The topological polar surface area (TPSA) is 133 Å². The lowest BCUT2D eigenvalue weighted by atomic mass is 10.1. The molecule has 3 heterocycles. The average Bonchev–Trinajstić information content (AvgIpc) is 3.44. The summed E-state index contributed by atoms with van der Waals surface area (Å²) in [5.41, 5.74) is 1.46. The van der Waals surface area contributed by atoms with Crippen molar-refractivity contribution in [2.75, 3.05) is 25.0 Å². The minimum absolute atomic E-state index is 0.0733. The smallest absolute Gasteiger partial charge is 0.274 e. The van der Waals surface area contributed by atoms with Crippen LogP contribution in [0.3, 0.4) is 0 Å². The first-order valence-corrected chi connectivity index (χ1v) is 10.9. The first-order chi connectivity index (χ1) is 16.1. The van der Waals surface area contributed by atoms with Crippen LogP contribution in [0.5, 0.6) is 17.2 Å². The number of benzene rings is 2. The minimum atomic E-state index is -0.345. The zero-order valence-electron chi connectivity index (χ0n) is 17.4. The molecule has 1 aliphatic heterocycles. The molecule has 4 aromatic rings. The predicted molar refractivity (Wildman–Crippen MR) is 119 cm³/mol. The number of carbonyl (C=O) groups is 1. The maximum Gasteiger partial charge on any atom is 0.274 e. The van der Waals surface area contributed by atoms with Crippen LogP contribution in [0.4, 0.5) is 5.69 Å². The lowest BCUT2D eigenvalue weighted by molar-refractivity contribution is -0.113. The summed E-state index contributed by atoms with van der Waals surface area (Å²) in [6.45, 7) is 0.165. The van der Waals surface area contributed by atoms with Crippen molar-refractivity contribution in [3.05, 3.63) is 64.1 Å². The molecule has 0 saturated heterocycles. The van der Waals surface area contributed by atoms with Gasteiger partial charge in [-0.05, 0) is 29.8 Å². The Morgan fingerprint density at radius 2 is 2.00 bits per heavy atom. The molecule has 0 radical (unpaired) electrons. The Morgan fingerprint density at radius 3 is 2.82 bits per heavy atom. The predicted octanol–water partition coefficient (Wildman–Crippen LogP) is 1.87. The van der Waals surface area contributed by atoms with Crippen molar-refractivity contribution in [1.29, 1.82) is 0 Å². The van der Waals surface area contributed by atoms with E-state index in [2.05, 4.69) is 25.6 Å². The fourth-order valence-electron chi connectivity index (χ4n) is 3.22. The Morgan fingerprint density at radius 1 is 1.18 bits per heavy atom. The summed E-state index contributed by atoms with van der Waals surface area (Å²) in [7, 11) is 1.59. The number of aromatic amines is 1. The van der Waals surface area contributed by atoms with Crippen molar-refractivity contribution in [1.82, 2.24) is 24.8 Å². The van der Waals surface area contributed by atoms with Crippen molar-refractivity contribution in [2.24, 2.45) is 0 Å². The summed E-state index contributed by atoms with van der Waals surface area (Å²) in [5.74, 6) is 2.00. The summed E-state index contributed by atoms with van der Waals surface area (Å²) >= 11 is 1.16. The van der Waals surface area contributed by atoms with E-state index in [0.717, 1.165) is 23.1 Å². The fraction of sp³-hybridized carbons (Fsp3) is 0.190. The summed E-state index contributed by atoms with van der Waals surface area (Å²) in [6, 6.07) is 12.6. The van der Waals surface area contributed by atoms with E-state index in [1.807, 2.05) is 24.3 Å². The molecule has 2 aromatic carbocycles. The Balaban J connectivity index is 1.28. The largest absolute Gasteiger partial charge is 0.497 e. The van der Waals surface area contributed by atoms with Gasteiger partial charge in [-0.15, -0.1) is 10.2 Å². The van der Waals surface area contributed by atoms with Gasteiger partial charge in [0.1, 0.15) is 11.4 Å². The number of nitrogens with zero attached hydrogens (tertiary/aromatic N) is 4. The van der Waals surface area contributed by atoms with Crippen LogP contribution >= 0.6 is 11.8 Å². The number of thioether (sulfide) groups is 1. The molecule has 0 fully saturated rings. The van der Waals surface area contributed by atoms with E-state index in [1.165, 1.54) is 4.52 Å². The second-order valence-corrected chi connectivity index (χ2v) is 7.99. The number of rotatable bonds is 7. The zero-order chi connectivity index (χ0) is 22.8. The van der Waals surface area contributed by atoms with E-state index in [9.17, 15) is 9.59 Å². The highest BCUT2D eigenvalue weighted by molar-refractivity contribution is 7.99. The third-order valence-corrected chi connectivity index (χ3v) is 5.76. The second kappa shape index (κ2) is 8.82. The molecular weight excluding hydrogens is 448 g/mol. The molecule has 11 nitrogen and oxygen atoms in total. The normalized spacial score (nSPS) is 12.2. The Kier molecular flexibility index (Phi) is 5.57. The van der Waals surface area contributed by atoms with Gasteiger partial charge in [0.05, 0.1) is 12.9 Å². The number of aromatic nitrogens is 5. The lowest BCUT2D eigenvalue weighted by Gasteiger charge is -2.06. The van der Waals surface area contributed by atoms with Crippen LogP contribution in [0.25, 0.3) is 5.78 Å². The number of fused-ring (bicyclic) bond motifs is 2. The van der Waals surface area contributed by atoms with Crippen LogP contribution in [0, 0.1) is 0 Å². The molecule has 0 bridgehead atoms. The molecular formula is C21H18N6O5S. The highest BCUT2D eigenvalue weighted by Crippen LogP contribution is 2.34. The third kappa shape index (κ3) is 4.46. The first kappa shape index (κ1) is 20.8. The molecule has 12 heteroatoms. The number of carbonyl (C=O) groups excluding carboxylic acids is 1. The highest BCUT2D eigenvalue weighted by Gasteiger charge is 2.16. The van der Waals surface area contributed by atoms with Gasteiger partial charge in [-0.25, -0.2) is 0 Å². The number of hydrogen-bond acceptors (Lipinski definition) is 9. The van der Waals surface area contributed by atoms with E-state index >= 15 is 0 Å². The molecule has 168 valence electrons. The third-order valence-electron chi connectivity index (χ3n) is 4.84. The molecule has 0 spiro atoms. The molecule has 0 unspecified atom stereocenters. The van der Waals surface area contributed by atoms with Crippen molar-refractivity contribution >= 4 is 29.1 Å². The summed E-state index contributed by atoms with van der Waals surface area (Å²) < 4.78 is 17.2. The van der Waals surface area contributed by atoms with Crippen molar-refractivity contribution in [3.8, 4) is 17.2 Å². The molecule has 5 rings (SSSR count). The highest BCUT2D eigenvalue weighted by atomic mass is 32.2. The van der Waals surface area contributed by atoms with Gasteiger partial charge in [0.2, 0.25) is 17.9 Å². The number of nitrogens with one attached hydrogen (secondary N) is 2. The average molecular weight is 466 g/mol. The summed E-state index contributed by atoms with van der Waals surface area (Å²) in [5, 5.41) is 15.6. The van der Waals surface area contributed by atoms with Crippen molar-refractivity contribution in [3.63, 3.8) is 0 Å². The van der Waals surface area contributed by atoms with Crippen LogP contribution in [0.2, 0.25) is 0 Å². The number of amides is 1. The molecule has 0 saturated carbocycles. The van der Waals surface area contributed by atoms with E-state index in [1.54, 1.807) is 25.3 Å². The Labute approximate surface area is 191 Å². The van der Waals surface area contributed by atoms with E-state index in [-0.39, 0.29) is 29.8 Å². The zero-order valence-corrected chi connectivity index (χ0v) is 18.2. The number of methoxy groups -OCH3 is 1. The van der Waals surface area contributed by atoms with Gasteiger partial charge >= 0.3 is 0 Å². The van der Waals surface area contributed by atoms with E-state index in [0.29, 0.717) is 34.5 Å². The van der Waals surface area contributed by atoms with Crippen molar-refractivity contribution in [2.45, 2.75) is 11.6 Å². The Bertz CT molecular complexity index is 1380. The quantitative estimate of drug-likeness (QED) is 0.392. The van der Waals surface area contributed by atoms with Gasteiger partial charge in [-0.2, -0.15) is 9.61 Å². The van der Waals surface area contributed by atoms with Gasteiger partial charge in [0.25, 0.3) is 11.3 Å². The van der Waals surface area contributed by atoms with Gasteiger partial charge in [0.15, 0.2) is 11.5 Å². The van der Waals surface area contributed by atoms with Gasteiger partial charge in [0, 0.05) is 18.2 Å². The maximum atomic E-state index is 12.4. The van der Waals surface area contributed by atoms with Crippen molar-refractivity contribution < 1.29 is 19.0 Å². The van der Waals surface area contributed by atoms with Crippen LogP contribution in [-0.2, 0) is 11.2 Å². The number of ether oxygens (including phenoxy) is 3. The second-order valence-electron chi connectivity index (χ2n) is 7.05. The van der Waals surface area contributed by atoms with Gasteiger partial charge < -0.3 is 19.5 Å². The SMILES string of the molecule is COc1ccc(Cc2nn3c(SCC(=O)Nc4ccc5c(c4)OCO5)nnc3[nH]c2=O)cc1. The molecule has 0 atom stereocenters. The van der Waals surface area contributed by atoms with E-state index in [4.69, 9.17) is 14.2 Å². The standard InChI is InChI=1S/C21H18N6O5S/c1-30-14-5-2-12(3-6-14)8-15-19(29)23-20-24-25-21(27(20)26-15)33-10-18(28)22-13-4-7-16-17(9-13)32-11-31-16/h2-7,9H,8,10-11H2,1H3,(H,22,28)(H,23,24,29). The molecule has 1 aliphatic rings.